The van der Waals surface area contributed by atoms with Gasteiger partial charge in [-0.05, 0) is 50.1 Å². The molecule has 0 bridgehead atoms. The number of hydrogen-bond acceptors (Lipinski definition) is 4. The Labute approximate surface area is 194 Å². The van der Waals surface area contributed by atoms with Crippen molar-refractivity contribution in [1.29, 1.82) is 0 Å². The molecule has 0 aromatic heterocycles. The SMILES string of the molecule is CC1CCC(NC(=O)Nc2ccc(Cl)cc2)C(Oc2ccccc2C2(C(F)(F)F)CCO2)N1. The van der Waals surface area contributed by atoms with Crippen LogP contribution < -0.4 is 20.7 Å². The van der Waals surface area contributed by atoms with E-state index in [4.69, 9.17) is 21.1 Å². The zero-order valence-electron chi connectivity index (χ0n) is 17.9. The number of urea groups is 1. The first-order chi connectivity index (χ1) is 15.7. The number of para-hydroxylation sites is 1. The van der Waals surface area contributed by atoms with Crippen LogP contribution in [0.25, 0.3) is 0 Å². The van der Waals surface area contributed by atoms with Crippen LogP contribution in [0.2, 0.25) is 5.02 Å². The highest BCUT2D eigenvalue weighted by Crippen LogP contribution is 2.52. The zero-order valence-corrected chi connectivity index (χ0v) is 18.7. The van der Waals surface area contributed by atoms with Gasteiger partial charge in [-0.3, -0.25) is 5.32 Å². The minimum atomic E-state index is -4.58. The third-order valence-corrected chi connectivity index (χ3v) is 6.23. The van der Waals surface area contributed by atoms with Crippen LogP contribution in [0.15, 0.2) is 48.5 Å². The summed E-state index contributed by atoms with van der Waals surface area (Å²) in [5.74, 6) is 0.0750. The summed E-state index contributed by atoms with van der Waals surface area (Å²) in [5, 5.41) is 9.38. The van der Waals surface area contributed by atoms with Crippen LogP contribution in [0.4, 0.5) is 23.7 Å². The first kappa shape index (κ1) is 23.7. The molecule has 10 heteroatoms. The van der Waals surface area contributed by atoms with Crippen molar-refractivity contribution in [2.24, 2.45) is 0 Å². The monoisotopic (exact) mass is 483 g/mol. The van der Waals surface area contributed by atoms with Crippen molar-refractivity contribution in [2.75, 3.05) is 11.9 Å². The Bertz CT molecular complexity index is 983. The van der Waals surface area contributed by atoms with Gasteiger partial charge in [-0.1, -0.05) is 29.8 Å². The summed E-state index contributed by atoms with van der Waals surface area (Å²) in [4.78, 5) is 12.6. The number of carbonyl (C=O) groups is 1. The van der Waals surface area contributed by atoms with Gasteiger partial charge >= 0.3 is 12.2 Å². The lowest BCUT2D eigenvalue weighted by atomic mass is 9.85. The number of ether oxygens (including phenoxy) is 2. The van der Waals surface area contributed by atoms with E-state index in [9.17, 15) is 18.0 Å². The number of piperidine rings is 1. The average molecular weight is 484 g/mol. The van der Waals surface area contributed by atoms with Crippen LogP contribution in [-0.2, 0) is 10.3 Å². The molecule has 178 valence electrons. The molecular weight excluding hydrogens is 459 g/mol. The van der Waals surface area contributed by atoms with Crippen LogP contribution in [-0.4, -0.2) is 37.1 Å². The molecule has 2 aliphatic heterocycles. The number of rotatable bonds is 5. The van der Waals surface area contributed by atoms with Crippen molar-refractivity contribution < 1.29 is 27.4 Å². The Morgan fingerprint density at radius 1 is 1.18 bits per heavy atom. The van der Waals surface area contributed by atoms with Crippen molar-refractivity contribution in [1.82, 2.24) is 10.6 Å². The Kier molecular flexibility index (Phi) is 6.74. The van der Waals surface area contributed by atoms with Gasteiger partial charge in [-0.2, -0.15) is 13.2 Å². The second-order valence-corrected chi connectivity index (χ2v) is 8.75. The Balaban J connectivity index is 1.51. The Hall–Kier alpha value is -2.49. The van der Waals surface area contributed by atoms with Gasteiger partial charge in [0.25, 0.3) is 0 Å². The van der Waals surface area contributed by atoms with Crippen LogP contribution in [0.5, 0.6) is 5.75 Å². The number of halogens is 4. The van der Waals surface area contributed by atoms with E-state index in [2.05, 4.69) is 16.0 Å². The van der Waals surface area contributed by atoms with Gasteiger partial charge < -0.3 is 20.1 Å². The molecule has 0 saturated carbocycles. The maximum absolute atomic E-state index is 13.9. The fraction of sp³-hybridized carbons (Fsp3) is 0.435. The quantitative estimate of drug-likeness (QED) is 0.547. The second-order valence-electron chi connectivity index (χ2n) is 8.31. The molecular formula is C23H25ClF3N3O3. The molecule has 2 fully saturated rings. The van der Waals surface area contributed by atoms with Crippen LogP contribution in [0.3, 0.4) is 0 Å². The predicted molar refractivity (Wildman–Crippen MR) is 118 cm³/mol. The van der Waals surface area contributed by atoms with Crippen molar-refractivity contribution >= 4 is 23.3 Å². The first-order valence-electron chi connectivity index (χ1n) is 10.7. The van der Waals surface area contributed by atoms with Crippen LogP contribution in [0, 0.1) is 0 Å². The van der Waals surface area contributed by atoms with Gasteiger partial charge in [0.15, 0.2) is 11.8 Å². The fourth-order valence-corrected chi connectivity index (χ4v) is 4.25. The van der Waals surface area contributed by atoms with E-state index in [0.717, 1.165) is 6.42 Å². The molecule has 4 atom stereocenters. The van der Waals surface area contributed by atoms with E-state index in [-0.39, 0.29) is 30.4 Å². The number of alkyl halides is 3. The molecule has 2 aliphatic rings. The topological polar surface area (TPSA) is 71.6 Å². The molecule has 4 rings (SSSR count). The average Bonchev–Trinajstić information content (AvgIpc) is 2.71. The van der Waals surface area contributed by atoms with Crippen molar-refractivity contribution in [3.63, 3.8) is 0 Å². The number of carbonyl (C=O) groups excluding carboxylic acids is 1. The first-order valence-corrected chi connectivity index (χ1v) is 11.1. The van der Waals surface area contributed by atoms with E-state index in [1.165, 1.54) is 18.2 Å². The minimum absolute atomic E-state index is 0.0294. The lowest BCUT2D eigenvalue weighted by Crippen LogP contribution is -2.59. The molecule has 2 heterocycles. The third kappa shape index (κ3) is 5.05. The van der Waals surface area contributed by atoms with E-state index in [0.29, 0.717) is 17.1 Å². The standard InChI is InChI=1S/C23H25ClF3N3O3/c1-14-6-11-18(30-21(31)29-16-9-7-15(24)8-10-16)20(28-14)33-19-5-3-2-4-17(19)22(12-13-32-22)23(25,26)27/h2-5,7-10,14,18,20,28H,6,11-13H2,1H3,(H2,29,30,31). The third-order valence-electron chi connectivity index (χ3n) is 5.98. The zero-order chi connectivity index (χ0) is 23.6. The highest BCUT2D eigenvalue weighted by molar-refractivity contribution is 6.30. The summed E-state index contributed by atoms with van der Waals surface area (Å²) in [6.45, 7) is 1.99. The Morgan fingerprint density at radius 3 is 2.52 bits per heavy atom. The summed E-state index contributed by atoms with van der Waals surface area (Å²) < 4.78 is 52.8. The second kappa shape index (κ2) is 9.40. The van der Waals surface area contributed by atoms with Crippen molar-refractivity contribution in [2.45, 2.75) is 56.3 Å². The summed E-state index contributed by atoms with van der Waals surface area (Å²) >= 11 is 5.87. The Morgan fingerprint density at radius 2 is 1.88 bits per heavy atom. The van der Waals surface area contributed by atoms with Gasteiger partial charge in [0.2, 0.25) is 0 Å². The van der Waals surface area contributed by atoms with Gasteiger partial charge in [0.05, 0.1) is 12.6 Å². The molecule has 2 aromatic rings. The summed E-state index contributed by atoms with van der Waals surface area (Å²) in [7, 11) is 0. The molecule has 2 saturated heterocycles. The van der Waals surface area contributed by atoms with E-state index < -0.39 is 30.1 Å². The summed E-state index contributed by atoms with van der Waals surface area (Å²) in [6, 6.07) is 11.8. The van der Waals surface area contributed by atoms with Crippen molar-refractivity contribution in [3.05, 3.63) is 59.1 Å². The van der Waals surface area contributed by atoms with Crippen LogP contribution >= 0.6 is 11.6 Å². The smallest absolute Gasteiger partial charge is 0.421 e. The fourth-order valence-electron chi connectivity index (χ4n) is 4.13. The molecule has 2 amide bonds. The summed E-state index contributed by atoms with van der Waals surface area (Å²) in [5.41, 5.74) is -1.88. The number of amides is 2. The largest absolute Gasteiger partial charge is 0.473 e. The highest BCUT2D eigenvalue weighted by atomic mass is 35.5. The molecule has 6 nitrogen and oxygen atoms in total. The van der Waals surface area contributed by atoms with Gasteiger partial charge in [-0.25, -0.2) is 4.79 Å². The van der Waals surface area contributed by atoms with Crippen LogP contribution in [0.1, 0.15) is 31.7 Å². The predicted octanol–water partition coefficient (Wildman–Crippen LogP) is 5.19. The molecule has 0 spiro atoms. The summed E-state index contributed by atoms with van der Waals surface area (Å²) in [6.07, 6.45) is -4.11. The van der Waals surface area contributed by atoms with E-state index in [1.807, 2.05) is 6.92 Å². The molecule has 4 unspecified atom stereocenters. The lowest BCUT2D eigenvalue weighted by molar-refractivity contribution is -0.334. The maximum atomic E-state index is 13.9. The molecule has 0 aliphatic carbocycles. The van der Waals surface area contributed by atoms with E-state index in [1.54, 1.807) is 30.3 Å². The minimum Gasteiger partial charge on any atom is -0.473 e. The highest BCUT2D eigenvalue weighted by Gasteiger charge is 2.62. The number of nitrogens with one attached hydrogen (secondary N) is 3. The molecule has 2 aromatic carbocycles. The lowest BCUT2D eigenvalue weighted by Gasteiger charge is -2.44. The normalized spacial score (nSPS) is 27.4. The van der Waals surface area contributed by atoms with Crippen molar-refractivity contribution in [3.8, 4) is 5.75 Å². The molecule has 3 N–H and O–H groups in total. The van der Waals surface area contributed by atoms with Gasteiger partial charge in [0.1, 0.15) is 5.75 Å². The van der Waals surface area contributed by atoms with Gasteiger partial charge in [-0.15, -0.1) is 0 Å². The number of anilines is 1. The molecule has 0 radical (unpaired) electrons. The van der Waals surface area contributed by atoms with Gasteiger partial charge in [0, 0.05) is 28.7 Å². The number of hydrogen-bond donors (Lipinski definition) is 3. The van der Waals surface area contributed by atoms with E-state index >= 15 is 0 Å². The number of benzene rings is 2. The maximum Gasteiger partial charge on any atom is 0.421 e. The molecule has 33 heavy (non-hydrogen) atoms.